The molecule has 1 rings (SSSR count). The Hall–Kier alpha value is -0.0800. The SMILES string of the molecule is CNCC1(O)CCCC(C)CC1. The van der Waals surface area contributed by atoms with Crippen LogP contribution in [0.1, 0.15) is 39.0 Å². The lowest BCUT2D eigenvalue weighted by molar-refractivity contribution is 0.0263. The fourth-order valence-electron chi connectivity index (χ4n) is 2.07. The summed E-state index contributed by atoms with van der Waals surface area (Å²) in [6, 6.07) is 0. The molecule has 72 valence electrons. The molecule has 0 aromatic heterocycles. The van der Waals surface area contributed by atoms with E-state index in [1.54, 1.807) is 0 Å². The van der Waals surface area contributed by atoms with Gasteiger partial charge in [-0.15, -0.1) is 0 Å². The van der Waals surface area contributed by atoms with Crippen molar-refractivity contribution in [2.45, 2.75) is 44.6 Å². The minimum Gasteiger partial charge on any atom is -0.389 e. The molecule has 1 aliphatic carbocycles. The third kappa shape index (κ3) is 2.76. The first-order valence-corrected chi connectivity index (χ1v) is 5.03. The van der Waals surface area contributed by atoms with Gasteiger partial charge < -0.3 is 10.4 Å². The third-order valence-electron chi connectivity index (χ3n) is 2.95. The zero-order valence-corrected chi connectivity index (χ0v) is 8.27. The summed E-state index contributed by atoms with van der Waals surface area (Å²) in [5.74, 6) is 0.802. The van der Waals surface area contributed by atoms with E-state index in [0.29, 0.717) is 0 Å². The second kappa shape index (κ2) is 4.24. The maximum Gasteiger partial charge on any atom is 0.0771 e. The van der Waals surface area contributed by atoms with E-state index < -0.39 is 5.60 Å². The highest BCUT2D eigenvalue weighted by Gasteiger charge is 2.28. The van der Waals surface area contributed by atoms with Crippen molar-refractivity contribution < 1.29 is 5.11 Å². The molecule has 2 unspecified atom stereocenters. The van der Waals surface area contributed by atoms with Crippen LogP contribution < -0.4 is 5.32 Å². The van der Waals surface area contributed by atoms with E-state index in [1.165, 1.54) is 19.3 Å². The molecule has 0 amide bonds. The van der Waals surface area contributed by atoms with Crippen molar-refractivity contribution in [3.63, 3.8) is 0 Å². The van der Waals surface area contributed by atoms with Gasteiger partial charge in [0, 0.05) is 6.54 Å². The van der Waals surface area contributed by atoms with Crippen LogP contribution in [0.3, 0.4) is 0 Å². The normalized spacial score (nSPS) is 37.8. The number of hydrogen-bond acceptors (Lipinski definition) is 2. The van der Waals surface area contributed by atoms with E-state index in [4.69, 9.17) is 0 Å². The van der Waals surface area contributed by atoms with Crippen LogP contribution in [0.4, 0.5) is 0 Å². The average molecular weight is 171 g/mol. The monoisotopic (exact) mass is 171 g/mol. The van der Waals surface area contributed by atoms with Crippen molar-refractivity contribution in [2.24, 2.45) is 5.92 Å². The van der Waals surface area contributed by atoms with Crippen LogP contribution >= 0.6 is 0 Å². The first-order valence-electron chi connectivity index (χ1n) is 5.03. The van der Waals surface area contributed by atoms with E-state index >= 15 is 0 Å². The summed E-state index contributed by atoms with van der Waals surface area (Å²) < 4.78 is 0. The third-order valence-corrected chi connectivity index (χ3v) is 2.95. The van der Waals surface area contributed by atoms with Gasteiger partial charge in [-0.2, -0.15) is 0 Å². The molecule has 2 atom stereocenters. The molecule has 0 heterocycles. The minimum atomic E-state index is -0.417. The summed E-state index contributed by atoms with van der Waals surface area (Å²) in [6.07, 6.45) is 5.58. The van der Waals surface area contributed by atoms with Crippen LogP contribution in [0.2, 0.25) is 0 Å². The maximum absolute atomic E-state index is 10.1. The topological polar surface area (TPSA) is 32.3 Å². The molecule has 1 fully saturated rings. The van der Waals surface area contributed by atoms with Crippen LogP contribution in [0.5, 0.6) is 0 Å². The zero-order valence-electron chi connectivity index (χ0n) is 8.27. The first kappa shape index (κ1) is 10.0. The molecule has 2 heteroatoms. The van der Waals surface area contributed by atoms with Gasteiger partial charge >= 0.3 is 0 Å². The van der Waals surface area contributed by atoms with Gasteiger partial charge in [0.1, 0.15) is 0 Å². The van der Waals surface area contributed by atoms with Gasteiger partial charge in [0.2, 0.25) is 0 Å². The quantitative estimate of drug-likeness (QED) is 0.618. The Morgan fingerprint density at radius 3 is 2.83 bits per heavy atom. The van der Waals surface area contributed by atoms with Crippen LogP contribution in [0, 0.1) is 5.92 Å². The van der Waals surface area contributed by atoms with Gasteiger partial charge in [-0.05, 0) is 32.2 Å². The Balaban J connectivity index is 2.43. The molecule has 0 aliphatic heterocycles. The average Bonchev–Trinajstić information content (AvgIpc) is 2.15. The van der Waals surface area contributed by atoms with E-state index in [9.17, 15) is 5.11 Å². The van der Waals surface area contributed by atoms with Gasteiger partial charge in [0.25, 0.3) is 0 Å². The molecular weight excluding hydrogens is 150 g/mol. The Bertz CT molecular complexity index is 138. The summed E-state index contributed by atoms with van der Waals surface area (Å²) in [5, 5.41) is 13.2. The fraction of sp³-hybridized carbons (Fsp3) is 1.00. The van der Waals surface area contributed by atoms with E-state index in [0.717, 1.165) is 25.3 Å². The first-order chi connectivity index (χ1) is 5.66. The predicted molar refractivity (Wildman–Crippen MR) is 51.1 cm³/mol. The summed E-state index contributed by atoms with van der Waals surface area (Å²) in [6.45, 7) is 3.03. The minimum absolute atomic E-state index is 0.417. The standard InChI is InChI=1S/C10H21NO/c1-9-4-3-6-10(12,7-5-9)8-11-2/h9,11-12H,3-8H2,1-2H3. The fourth-order valence-corrected chi connectivity index (χ4v) is 2.07. The Kier molecular flexibility index (Phi) is 3.53. The van der Waals surface area contributed by atoms with Gasteiger partial charge in [-0.1, -0.05) is 19.8 Å². The van der Waals surface area contributed by atoms with Crippen LogP contribution in [0.25, 0.3) is 0 Å². The molecular formula is C10H21NO. The summed E-state index contributed by atoms with van der Waals surface area (Å²) in [4.78, 5) is 0. The lowest BCUT2D eigenvalue weighted by Crippen LogP contribution is -2.38. The maximum atomic E-state index is 10.1. The molecule has 2 N–H and O–H groups in total. The smallest absolute Gasteiger partial charge is 0.0771 e. The molecule has 1 saturated carbocycles. The summed E-state index contributed by atoms with van der Waals surface area (Å²) in [7, 11) is 1.91. The van der Waals surface area contributed by atoms with Crippen molar-refractivity contribution in [1.82, 2.24) is 5.32 Å². The largest absolute Gasteiger partial charge is 0.389 e. The zero-order chi connectivity index (χ0) is 9.03. The number of nitrogens with one attached hydrogen (secondary N) is 1. The lowest BCUT2D eigenvalue weighted by atomic mass is 9.94. The molecule has 0 radical (unpaired) electrons. The van der Waals surface area contributed by atoms with Crippen molar-refractivity contribution in [2.75, 3.05) is 13.6 Å². The predicted octanol–water partition coefficient (Wildman–Crippen LogP) is 1.54. The van der Waals surface area contributed by atoms with Crippen molar-refractivity contribution in [3.05, 3.63) is 0 Å². The number of aliphatic hydroxyl groups is 1. The Morgan fingerprint density at radius 2 is 2.17 bits per heavy atom. The summed E-state index contributed by atoms with van der Waals surface area (Å²) >= 11 is 0. The number of hydrogen-bond donors (Lipinski definition) is 2. The van der Waals surface area contributed by atoms with Crippen molar-refractivity contribution >= 4 is 0 Å². The highest BCUT2D eigenvalue weighted by atomic mass is 16.3. The molecule has 0 bridgehead atoms. The molecule has 2 nitrogen and oxygen atoms in total. The van der Waals surface area contributed by atoms with Crippen LogP contribution in [-0.2, 0) is 0 Å². The van der Waals surface area contributed by atoms with Gasteiger partial charge in [0.05, 0.1) is 5.60 Å². The van der Waals surface area contributed by atoms with Gasteiger partial charge in [-0.3, -0.25) is 0 Å². The summed E-state index contributed by atoms with van der Waals surface area (Å²) in [5.41, 5.74) is -0.417. The second-order valence-corrected chi connectivity index (χ2v) is 4.29. The number of rotatable bonds is 2. The van der Waals surface area contributed by atoms with Crippen LogP contribution in [0.15, 0.2) is 0 Å². The van der Waals surface area contributed by atoms with E-state index in [1.807, 2.05) is 7.05 Å². The van der Waals surface area contributed by atoms with Crippen molar-refractivity contribution in [1.29, 1.82) is 0 Å². The molecule has 0 aromatic rings. The van der Waals surface area contributed by atoms with Gasteiger partial charge in [0.15, 0.2) is 0 Å². The highest BCUT2D eigenvalue weighted by molar-refractivity contribution is 4.83. The van der Waals surface area contributed by atoms with E-state index in [-0.39, 0.29) is 0 Å². The molecule has 0 spiro atoms. The molecule has 1 aliphatic rings. The molecule has 0 saturated heterocycles. The second-order valence-electron chi connectivity index (χ2n) is 4.29. The Labute approximate surface area is 75.4 Å². The van der Waals surface area contributed by atoms with Crippen LogP contribution in [-0.4, -0.2) is 24.3 Å². The number of likely N-dealkylation sites (N-methyl/N-ethyl adjacent to an activating group) is 1. The highest BCUT2D eigenvalue weighted by Crippen LogP contribution is 2.29. The van der Waals surface area contributed by atoms with E-state index in [2.05, 4.69) is 12.2 Å². The van der Waals surface area contributed by atoms with Gasteiger partial charge in [-0.25, -0.2) is 0 Å². The Morgan fingerprint density at radius 1 is 1.42 bits per heavy atom. The lowest BCUT2D eigenvalue weighted by Gasteiger charge is -2.26. The molecule has 12 heavy (non-hydrogen) atoms. The molecule has 0 aromatic carbocycles. The van der Waals surface area contributed by atoms with Crippen molar-refractivity contribution in [3.8, 4) is 0 Å².